The molecule has 3 heterocycles. The van der Waals surface area contributed by atoms with E-state index in [1.165, 1.54) is 6.20 Å². The highest BCUT2D eigenvalue weighted by Gasteiger charge is 2.34. The Kier molecular flexibility index (Phi) is 5.21. The van der Waals surface area contributed by atoms with E-state index in [-0.39, 0.29) is 11.9 Å². The van der Waals surface area contributed by atoms with Crippen LogP contribution in [-0.4, -0.2) is 43.4 Å². The first kappa shape index (κ1) is 15.9. The fraction of sp³-hybridized carbons (Fsp3) is 0.588. The number of pyridine rings is 1. The summed E-state index contributed by atoms with van der Waals surface area (Å²) in [5.41, 5.74) is 0.800. The SMILES string of the molecule is N#Cc1ccc(C(=O)N[C@@H]2CCOC[C@@H]2C2CCOCC2)cn1. The average Bonchev–Trinajstić information content (AvgIpc) is 2.63. The van der Waals surface area contributed by atoms with Crippen LogP contribution < -0.4 is 5.32 Å². The van der Waals surface area contributed by atoms with Gasteiger partial charge in [-0.15, -0.1) is 0 Å². The Hall–Kier alpha value is -1.97. The van der Waals surface area contributed by atoms with Crippen LogP contribution in [0.4, 0.5) is 0 Å². The molecule has 0 spiro atoms. The van der Waals surface area contributed by atoms with E-state index in [4.69, 9.17) is 14.7 Å². The van der Waals surface area contributed by atoms with Crippen LogP contribution in [-0.2, 0) is 9.47 Å². The Morgan fingerprint density at radius 3 is 2.70 bits per heavy atom. The Bertz CT molecular complexity index is 576. The van der Waals surface area contributed by atoms with Gasteiger partial charge in [-0.3, -0.25) is 4.79 Å². The van der Waals surface area contributed by atoms with Gasteiger partial charge in [-0.25, -0.2) is 4.98 Å². The number of nitrogens with zero attached hydrogens (tertiary/aromatic N) is 2. The highest BCUT2D eigenvalue weighted by atomic mass is 16.5. The minimum atomic E-state index is -0.133. The molecule has 1 N–H and O–H groups in total. The van der Waals surface area contributed by atoms with Crippen molar-refractivity contribution in [2.75, 3.05) is 26.4 Å². The Morgan fingerprint density at radius 2 is 2.00 bits per heavy atom. The molecule has 0 bridgehead atoms. The monoisotopic (exact) mass is 315 g/mol. The van der Waals surface area contributed by atoms with Gasteiger partial charge >= 0.3 is 0 Å². The van der Waals surface area contributed by atoms with Crippen molar-refractivity contribution in [1.82, 2.24) is 10.3 Å². The Balaban J connectivity index is 1.65. The minimum Gasteiger partial charge on any atom is -0.381 e. The number of ether oxygens (including phenoxy) is 2. The van der Waals surface area contributed by atoms with Crippen LogP contribution in [0.1, 0.15) is 35.3 Å². The zero-order chi connectivity index (χ0) is 16.1. The Morgan fingerprint density at radius 1 is 1.22 bits per heavy atom. The second kappa shape index (κ2) is 7.53. The molecular formula is C17H21N3O3. The predicted molar refractivity (Wildman–Crippen MR) is 82.7 cm³/mol. The Labute approximate surface area is 135 Å². The van der Waals surface area contributed by atoms with E-state index < -0.39 is 0 Å². The molecule has 0 saturated carbocycles. The quantitative estimate of drug-likeness (QED) is 0.914. The van der Waals surface area contributed by atoms with Crippen LogP contribution in [0.5, 0.6) is 0 Å². The van der Waals surface area contributed by atoms with Crippen molar-refractivity contribution in [3.63, 3.8) is 0 Å². The fourth-order valence-electron chi connectivity index (χ4n) is 3.39. The van der Waals surface area contributed by atoms with Crippen LogP contribution in [0, 0.1) is 23.2 Å². The number of carbonyl (C=O) groups excluding carboxylic acids is 1. The zero-order valence-corrected chi connectivity index (χ0v) is 13.0. The van der Waals surface area contributed by atoms with Crippen LogP contribution in [0.15, 0.2) is 18.3 Å². The largest absolute Gasteiger partial charge is 0.381 e. The van der Waals surface area contributed by atoms with Crippen molar-refractivity contribution in [3.05, 3.63) is 29.6 Å². The molecule has 3 rings (SSSR count). The molecule has 2 aliphatic heterocycles. The van der Waals surface area contributed by atoms with Gasteiger partial charge in [-0.1, -0.05) is 0 Å². The summed E-state index contributed by atoms with van der Waals surface area (Å²) in [5.74, 6) is 0.738. The van der Waals surface area contributed by atoms with E-state index in [9.17, 15) is 4.79 Å². The van der Waals surface area contributed by atoms with Gasteiger partial charge < -0.3 is 14.8 Å². The number of carbonyl (C=O) groups is 1. The van der Waals surface area contributed by atoms with Gasteiger partial charge in [0.2, 0.25) is 0 Å². The standard InChI is InChI=1S/C17H21N3O3/c18-9-14-2-1-13(10-19-14)17(21)20-16-5-8-23-11-15(16)12-3-6-22-7-4-12/h1-2,10,12,15-16H,3-8,11H2,(H,20,21)/t15-,16-/m1/s1. The summed E-state index contributed by atoms with van der Waals surface area (Å²) in [5, 5.41) is 11.9. The maximum atomic E-state index is 12.4. The minimum absolute atomic E-state index is 0.120. The topological polar surface area (TPSA) is 84.2 Å². The summed E-state index contributed by atoms with van der Waals surface area (Å²) in [4.78, 5) is 16.4. The van der Waals surface area contributed by atoms with Crippen molar-refractivity contribution in [1.29, 1.82) is 5.26 Å². The molecule has 2 saturated heterocycles. The molecule has 2 atom stereocenters. The molecule has 1 amide bonds. The molecule has 0 radical (unpaired) electrons. The second-order valence-corrected chi connectivity index (χ2v) is 6.10. The maximum absolute atomic E-state index is 12.4. The van der Waals surface area contributed by atoms with Crippen molar-refractivity contribution >= 4 is 5.91 Å². The normalized spacial score (nSPS) is 25.5. The highest BCUT2D eigenvalue weighted by Crippen LogP contribution is 2.30. The van der Waals surface area contributed by atoms with Crippen molar-refractivity contribution < 1.29 is 14.3 Å². The van der Waals surface area contributed by atoms with Crippen LogP contribution in [0.2, 0.25) is 0 Å². The molecule has 0 aromatic carbocycles. The van der Waals surface area contributed by atoms with E-state index >= 15 is 0 Å². The third kappa shape index (κ3) is 3.87. The molecule has 122 valence electrons. The number of amides is 1. The van der Waals surface area contributed by atoms with E-state index in [1.807, 2.05) is 6.07 Å². The lowest BCUT2D eigenvalue weighted by molar-refractivity contribution is -0.0259. The first-order valence-electron chi connectivity index (χ1n) is 8.10. The van der Waals surface area contributed by atoms with E-state index in [1.54, 1.807) is 12.1 Å². The summed E-state index contributed by atoms with van der Waals surface area (Å²) < 4.78 is 11.1. The smallest absolute Gasteiger partial charge is 0.253 e. The van der Waals surface area contributed by atoms with Crippen LogP contribution >= 0.6 is 0 Å². The highest BCUT2D eigenvalue weighted by molar-refractivity contribution is 5.94. The lowest BCUT2D eigenvalue weighted by Gasteiger charge is -2.39. The number of hydrogen-bond donors (Lipinski definition) is 1. The first-order valence-corrected chi connectivity index (χ1v) is 8.10. The third-order valence-electron chi connectivity index (χ3n) is 4.73. The molecule has 6 heteroatoms. The van der Waals surface area contributed by atoms with E-state index in [0.717, 1.165) is 32.5 Å². The van der Waals surface area contributed by atoms with Gasteiger partial charge in [0.15, 0.2) is 0 Å². The van der Waals surface area contributed by atoms with Crippen LogP contribution in [0.3, 0.4) is 0 Å². The summed E-state index contributed by atoms with van der Waals surface area (Å²) in [6, 6.07) is 5.28. The predicted octanol–water partition coefficient (Wildman–Crippen LogP) is 1.51. The number of hydrogen-bond acceptors (Lipinski definition) is 5. The van der Waals surface area contributed by atoms with Crippen molar-refractivity contribution in [2.24, 2.45) is 11.8 Å². The second-order valence-electron chi connectivity index (χ2n) is 6.10. The van der Waals surface area contributed by atoms with Gasteiger partial charge in [0, 0.05) is 38.0 Å². The number of nitrogens with one attached hydrogen (secondary N) is 1. The summed E-state index contributed by atoms with van der Waals surface area (Å²) in [6.45, 7) is 2.96. The van der Waals surface area contributed by atoms with Gasteiger partial charge in [0.1, 0.15) is 11.8 Å². The molecule has 0 unspecified atom stereocenters. The molecule has 1 aromatic heterocycles. The maximum Gasteiger partial charge on any atom is 0.253 e. The number of rotatable bonds is 3. The molecule has 0 aliphatic carbocycles. The van der Waals surface area contributed by atoms with Gasteiger partial charge in [0.25, 0.3) is 5.91 Å². The fourth-order valence-corrected chi connectivity index (χ4v) is 3.39. The third-order valence-corrected chi connectivity index (χ3v) is 4.73. The molecule has 2 fully saturated rings. The number of nitriles is 1. The molecule has 2 aliphatic rings. The van der Waals surface area contributed by atoms with Gasteiger partial charge in [-0.2, -0.15) is 5.26 Å². The molecule has 6 nitrogen and oxygen atoms in total. The van der Waals surface area contributed by atoms with Crippen LogP contribution in [0.25, 0.3) is 0 Å². The molecule has 23 heavy (non-hydrogen) atoms. The zero-order valence-electron chi connectivity index (χ0n) is 13.0. The first-order chi connectivity index (χ1) is 11.3. The molecule has 1 aromatic rings. The van der Waals surface area contributed by atoms with Gasteiger partial charge in [-0.05, 0) is 37.3 Å². The van der Waals surface area contributed by atoms with E-state index in [0.29, 0.717) is 36.3 Å². The summed E-state index contributed by atoms with van der Waals surface area (Å²) in [6.07, 6.45) is 4.34. The van der Waals surface area contributed by atoms with E-state index in [2.05, 4.69) is 10.3 Å². The lowest BCUT2D eigenvalue weighted by Crippen LogP contribution is -2.49. The lowest BCUT2D eigenvalue weighted by atomic mass is 9.79. The molecular weight excluding hydrogens is 294 g/mol. The summed E-state index contributed by atoms with van der Waals surface area (Å²) in [7, 11) is 0. The van der Waals surface area contributed by atoms with Crippen molar-refractivity contribution in [2.45, 2.75) is 25.3 Å². The van der Waals surface area contributed by atoms with Gasteiger partial charge in [0.05, 0.1) is 12.2 Å². The summed E-state index contributed by atoms with van der Waals surface area (Å²) >= 11 is 0. The average molecular weight is 315 g/mol. The van der Waals surface area contributed by atoms with Crippen molar-refractivity contribution in [3.8, 4) is 6.07 Å². The number of aromatic nitrogens is 1.